The number of fused-ring (bicyclic) bond motifs is 1. The van der Waals surface area contributed by atoms with Crippen LogP contribution in [0.2, 0.25) is 0 Å². The number of hydrogen-bond donors (Lipinski definition) is 2. The average molecular weight is 273 g/mol. The Kier molecular flexibility index (Phi) is 3.52. The Bertz CT molecular complexity index is 681. The van der Waals surface area contributed by atoms with Crippen molar-refractivity contribution in [1.82, 2.24) is 15.0 Å². The predicted octanol–water partition coefficient (Wildman–Crippen LogP) is 1.97. The Morgan fingerprint density at radius 3 is 2.45 bits per heavy atom. The molecule has 1 aromatic carbocycles. The second kappa shape index (κ2) is 4.87. The van der Waals surface area contributed by atoms with Crippen LogP contribution in [-0.4, -0.2) is 36.4 Å². The fourth-order valence-corrected chi connectivity index (χ4v) is 1.78. The number of aromatic nitrogens is 3. The van der Waals surface area contributed by atoms with Gasteiger partial charge in [0.2, 0.25) is 0 Å². The molecule has 0 bridgehead atoms. The molecule has 0 radical (unpaired) electrons. The molecule has 0 aliphatic carbocycles. The largest absolute Gasteiger partial charge is 0.386 e. The van der Waals surface area contributed by atoms with Gasteiger partial charge in [0.1, 0.15) is 16.8 Å². The Morgan fingerprint density at radius 2 is 1.85 bits per heavy atom. The highest BCUT2D eigenvalue weighted by Crippen LogP contribution is 2.23. The highest BCUT2D eigenvalue weighted by Gasteiger charge is 2.24. The van der Waals surface area contributed by atoms with E-state index in [-0.39, 0.29) is 0 Å². The summed E-state index contributed by atoms with van der Waals surface area (Å²) >= 11 is 0. The van der Waals surface area contributed by atoms with E-state index in [0.29, 0.717) is 5.70 Å². The minimum atomic E-state index is -1.17. The molecule has 2 aromatic rings. The molecule has 0 spiro atoms. The zero-order chi connectivity index (χ0) is 15.0. The van der Waals surface area contributed by atoms with Gasteiger partial charge in [-0.1, -0.05) is 23.1 Å². The van der Waals surface area contributed by atoms with E-state index in [9.17, 15) is 10.2 Å². The van der Waals surface area contributed by atoms with Crippen LogP contribution >= 0.6 is 0 Å². The number of hydrogen-bond acceptors (Lipinski definition) is 4. The SMILES string of the molecule is CC(C)(O)C=C=C(n1nnc2ccccc21)C(C)(C)O. The molecule has 20 heavy (non-hydrogen) atoms. The summed E-state index contributed by atoms with van der Waals surface area (Å²) in [5, 5.41) is 28.2. The summed E-state index contributed by atoms with van der Waals surface area (Å²) in [6.07, 6.45) is 1.50. The van der Waals surface area contributed by atoms with Gasteiger partial charge >= 0.3 is 0 Å². The van der Waals surface area contributed by atoms with E-state index in [4.69, 9.17) is 0 Å². The molecule has 2 rings (SSSR count). The minimum absolute atomic E-state index is 0.424. The van der Waals surface area contributed by atoms with Gasteiger partial charge in [-0.05, 0) is 45.9 Å². The molecule has 2 N–H and O–H groups in total. The van der Waals surface area contributed by atoms with Gasteiger partial charge in [0.15, 0.2) is 0 Å². The van der Waals surface area contributed by atoms with Crippen LogP contribution in [0.15, 0.2) is 36.1 Å². The van der Waals surface area contributed by atoms with Crippen LogP contribution in [0.5, 0.6) is 0 Å². The average Bonchev–Trinajstić information content (AvgIpc) is 2.70. The quantitative estimate of drug-likeness (QED) is 0.839. The van der Waals surface area contributed by atoms with E-state index < -0.39 is 11.2 Å². The zero-order valence-electron chi connectivity index (χ0n) is 12.1. The second-order valence-corrected chi connectivity index (χ2v) is 5.84. The smallest absolute Gasteiger partial charge is 0.117 e. The van der Waals surface area contributed by atoms with Crippen molar-refractivity contribution < 1.29 is 10.2 Å². The van der Waals surface area contributed by atoms with Crippen molar-refractivity contribution in [1.29, 1.82) is 0 Å². The molecule has 1 heterocycles. The maximum Gasteiger partial charge on any atom is 0.117 e. The van der Waals surface area contributed by atoms with Crippen LogP contribution in [-0.2, 0) is 0 Å². The van der Waals surface area contributed by atoms with Crippen LogP contribution in [0.25, 0.3) is 16.7 Å². The molecule has 0 saturated heterocycles. The molecular weight excluding hydrogens is 254 g/mol. The summed E-state index contributed by atoms with van der Waals surface area (Å²) in [5.74, 6) is 0. The molecular formula is C15H19N3O2. The van der Waals surface area contributed by atoms with Crippen LogP contribution in [0.1, 0.15) is 27.7 Å². The lowest BCUT2D eigenvalue weighted by Crippen LogP contribution is -2.25. The normalized spacial score (nSPS) is 12.3. The summed E-state index contributed by atoms with van der Waals surface area (Å²) in [7, 11) is 0. The standard InChI is InChI=1S/C15H19N3O2/c1-14(2,19)10-9-13(15(3,4)20)18-12-8-6-5-7-11(12)16-17-18/h5-8,10,19-20H,1-4H3. The van der Waals surface area contributed by atoms with E-state index >= 15 is 0 Å². The number of nitrogens with zero attached hydrogens (tertiary/aromatic N) is 3. The first-order chi connectivity index (χ1) is 9.18. The minimum Gasteiger partial charge on any atom is -0.386 e. The van der Waals surface area contributed by atoms with Crippen LogP contribution < -0.4 is 0 Å². The summed E-state index contributed by atoms with van der Waals surface area (Å²) < 4.78 is 1.54. The van der Waals surface area contributed by atoms with Gasteiger partial charge in [-0.2, -0.15) is 0 Å². The van der Waals surface area contributed by atoms with Crippen LogP contribution in [0, 0.1) is 0 Å². The monoisotopic (exact) mass is 273 g/mol. The molecule has 0 unspecified atom stereocenters. The fraction of sp³-hybridized carbons (Fsp3) is 0.400. The van der Waals surface area contributed by atoms with Gasteiger partial charge in [0, 0.05) is 0 Å². The highest BCUT2D eigenvalue weighted by atomic mass is 16.3. The highest BCUT2D eigenvalue weighted by molar-refractivity contribution is 5.78. The van der Waals surface area contributed by atoms with Crippen molar-refractivity contribution in [2.24, 2.45) is 0 Å². The van der Waals surface area contributed by atoms with E-state index in [2.05, 4.69) is 16.0 Å². The van der Waals surface area contributed by atoms with Crippen molar-refractivity contribution >= 4 is 16.7 Å². The second-order valence-electron chi connectivity index (χ2n) is 5.84. The zero-order valence-corrected chi connectivity index (χ0v) is 12.1. The lowest BCUT2D eigenvalue weighted by molar-refractivity contribution is 0.131. The van der Waals surface area contributed by atoms with Gasteiger partial charge in [0.05, 0.1) is 11.1 Å². The number of benzene rings is 1. The van der Waals surface area contributed by atoms with Gasteiger partial charge in [0.25, 0.3) is 0 Å². The maximum absolute atomic E-state index is 10.3. The van der Waals surface area contributed by atoms with E-state index in [1.165, 1.54) is 10.8 Å². The fourth-order valence-electron chi connectivity index (χ4n) is 1.78. The molecule has 5 heteroatoms. The molecule has 0 fully saturated rings. The van der Waals surface area contributed by atoms with Gasteiger partial charge in [-0.3, -0.25) is 0 Å². The van der Waals surface area contributed by atoms with E-state index in [0.717, 1.165) is 11.0 Å². The summed E-state index contributed by atoms with van der Waals surface area (Å²) in [6.45, 7) is 6.57. The summed E-state index contributed by atoms with van der Waals surface area (Å²) in [5.41, 5.74) is 2.70. The van der Waals surface area contributed by atoms with E-state index in [1.54, 1.807) is 27.7 Å². The molecule has 0 aliphatic rings. The van der Waals surface area contributed by atoms with Gasteiger partial charge < -0.3 is 10.2 Å². The van der Waals surface area contributed by atoms with E-state index in [1.807, 2.05) is 24.3 Å². The van der Waals surface area contributed by atoms with Crippen molar-refractivity contribution in [3.8, 4) is 0 Å². The number of rotatable bonds is 3. The third-order valence-electron chi connectivity index (χ3n) is 2.71. The Morgan fingerprint density at radius 1 is 1.20 bits per heavy atom. The lowest BCUT2D eigenvalue weighted by atomic mass is 10.0. The molecule has 5 nitrogen and oxygen atoms in total. The van der Waals surface area contributed by atoms with Gasteiger partial charge in [-0.15, -0.1) is 5.10 Å². The maximum atomic E-state index is 10.3. The molecule has 0 amide bonds. The molecule has 106 valence electrons. The third-order valence-corrected chi connectivity index (χ3v) is 2.71. The summed E-state index contributed by atoms with van der Waals surface area (Å²) in [4.78, 5) is 0. The van der Waals surface area contributed by atoms with Crippen LogP contribution in [0.4, 0.5) is 0 Å². The first-order valence-corrected chi connectivity index (χ1v) is 6.42. The van der Waals surface area contributed by atoms with Crippen LogP contribution in [0.3, 0.4) is 0 Å². The Hall–Kier alpha value is -1.94. The Balaban J connectivity index is 2.68. The van der Waals surface area contributed by atoms with Gasteiger partial charge in [-0.25, -0.2) is 4.68 Å². The molecule has 1 aromatic heterocycles. The topological polar surface area (TPSA) is 71.2 Å². The molecule has 0 saturated carbocycles. The van der Waals surface area contributed by atoms with Crippen molar-refractivity contribution in [2.75, 3.05) is 0 Å². The first-order valence-electron chi connectivity index (χ1n) is 6.42. The third kappa shape index (κ3) is 3.14. The van der Waals surface area contributed by atoms with Crippen molar-refractivity contribution in [3.05, 3.63) is 36.1 Å². The molecule has 0 atom stereocenters. The molecule has 0 aliphatic heterocycles. The number of aliphatic hydroxyl groups is 2. The lowest BCUT2D eigenvalue weighted by Gasteiger charge is -2.20. The van der Waals surface area contributed by atoms with Crippen molar-refractivity contribution in [2.45, 2.75) is 38.9 Å². The first kappa shape index (κ1) is 14.5. The number of para-hydroxylation sites is 1. The van der Waals surface area contributed by atoms with Crippen molar-refractivity contribution in [3.63, 3.8) is 0 Å². The predicted molar refractivity (Wildman–Crippen MR) is 77.9 cm³/mol. The summed E-state index contributed by atoms with van der Waals surface area (Å²) in [6, 6.07) is 7.47. The Labute approximate surface area is 117 Å².